The average Bonchev–Trinajstić information content (AvgIpc) is 2.78. The van der Waals surface area contributed by atoms with E-state index in [9.17, 15) is 0 Å². The summed E-state index contributed by atoms with van der Waals surface area (Å²) in [7, 11) is 0. The van der Waals surface area contributed by atoms with Gasteiger partial charge in [0.1, 0.15) is 5.82 Å². The highest BCUT2D eigenvalue weighted by molar-refractivity contribution is 14.0. The summed E-state index contributed by atoms with van der Waals surface area (Å²) < 4.78 is 0. The van der Waals surface area contributed by atoms with Gasteiger partial charge in [0.2, 0.25) is 0 Å². The van der Waals surface area contributed by atoms with Crippen LogP contribution in [0.15, 0.2) is 23.3 Å². The molecule has 1 aliphatic heterocycles. The molecule has 19 heavy (non-hydrogen) atoms. The van der Waals surface area contributed by atoms with E-state index in [1.807, 2.05) is 19.1 Å². The molecule has 0 radical (unpaired) electrons. The summed E-state index contributed by atoms with van der Waals surface area (Å²) in [4.78, 5) is 10.6. The Labute approximate surface area is 135 Å². The standard InChI is InChI=1S/C12H18ClN5.HI/c1-2-15-12(14)17-9-5-7-18(8-9)11-10(13)4-3-6-16-11;/h3-4,6,9H,2,5,7-8H2,1H3,(H3,14,15,17);1H. The lowest BCUT2D eigenvalue weighted by Crippen LogP contribution is -2.41. The first-order valence-electron chi connectivity index (χ1n) is 6.12. The van der Waals surface area contributed by atoms with Crippen molar-refractivity contribution in [1.29, 1.82) is 0 Å². The van der Waals surface area contributed by atoms with Crippen LogP contribution in [-0.4, -0.2) is 36.6 Å². The molecule has 0 saturated carbocycles. The lowest BCUT2D eigenvalue weighted by atomic mass is 10.3. The first-order chi connectivity index (χ1) is 8.70. The van der Waals surface area contributed by atoms with E-state index < -0.39 is 0 Å². The normalized spacial score (nSPS) is 19.2. The van der Waals surface area contributed by atoms with E-state index in [4.69, 9.17) is 17.3 Å². The van der Waals surface area contributed by atoms with Gasteiger partial charge in [0.05, 0.1) is 5.02 Å². The number of pyridine rings is 1. The Balaban J connectivity index is 0.00000180. The van der Waals surface area contributed by atoms with E-state index in [-0.39, 0.29) is 24.0 Å². The van der Waals surface area contributed by atoms with Crippen molar-refractivity contribution in [2.24, 2.45) is 10.7 Å². The average molecular weight is 396 g/mol. The fraction of sp³-hybridized carbons (Fsp3) is 0.500. The summed E-state index contributed by atoms with van der Waals surface area (Å²) in [5.74, 6) is 1.35. The highest BCUT2D eigenvalue weighted by Gasteiger charge is 2.24. The second-order valence-electron chi connectivity index (χ2n) is 4.24. The van der Waals surface area contributed by atoms with Crippen LogP contribution >= 0.6 is 35.6 Å². The molecule has 1 fully saturated rings. The van der Waals surface area contributed by atoms with Crippen LogP contribution in [0.5, 0.6) is 0 Å². The third kappa shape index (κ3) is 4.38. The van der Waals surface area contributed by atoms with Crippen LogP contribution in [0.4, 0.5) is 5.82 Å². The van der Waals surface area contributed by atoms with Crippen LogP contribution in [0.2, 0.25) is 5.02 Å². The second-order valence-corrected chi connectivity index (χ2v) is 4.65. The molecule has 1 saturated heterocycles. The number of halogens is 2. The van der Waals surface area contributed by atoms with Crippen molar-refractivity contribution in [2.45, 2.75) is 19.4 Å². The first-order valence-corrected chi connectivity index (χ1v) is 6.50. The van der Waals surface area contributed by atoms with E-state index >= 15 is 0 Å². The van der Waals surface area contributed by atoms with Crippen LogP contribution in [0.1, 0.15) is 13.3 Å². The SMILES string of the molecule is CCN=C(N)NC1CCN(c2ncccc2Cl)C1.I. The molecule has 1 unspecified atom stereocenters. The van der Waals surface area contributed by atoms with E-state index in [1.165, 1.54) is 0 Å². The molecule has 1 atom stereocenters. The Hall–Kier alpha value is -0.760. The fourth-order valence-corrected chi connectivity index (χ4v) is 2.35. The molecule has 3 N–H and O–H groups in total. The number of nitrogens with one attached hydrogen (secondary N) is 1. The molecule has 7 heteroatoms. The number of hydrogen-bond donors (Lipinski definition) is 2. The van der Waals surface area contributed by atoms with Gasteiger partial charge < -0.3 is 16.0 Å². The zero-order valence-corrected chi connectivity index (χ0v) is 13.9. The second kappa shape index (κ2) is 7.74. The molecule has 0 aliphatic carbocycles. The maximum absolute atomic E-state index is 6.13. The van der Waals surface area contributed by atoms with Gasteiger partial charge in [-0.3, -0.25) is 4.99 Å². The molecular weight excluding hydrogens is 377 g/mol. The smallest absolute Gasteiger partial charge is 0.188 e. The van der Waals surface area contributed by atoms with Crippen LogP contribution in [-0.2, 0) is 0 Å². The molecular formula is C12H19ClIN5. The molecule has 0 bridgehead atoms. The van der Waals surface area contributed by atoms with Gasteiger partial charge in [-0.05, 0) is 25.5 Å². The Morgan fingerprint density at radius 3 is 3.16 bits per heavy atom. The lowest BCUT2D eigenvalue weighted by molar-refractivity contribution is 0.664. The Bertz CT molecular complexity index is 440. The number of aromatic nitrogens is 1. The van der Waals surface area contributed by atoms with E-state index in [0.29, 0.717) is 23.6 Å². The summed E-state index contributed by atoms with van der Waals surface area (Å²) in [6.45, 7) is 4.43. The maximum Gasteiger partial charge on any atom is 0.188 e. The molecule has 1 aromatic rings. The van der Waals surface area contributed by atoms with E-state index in [1.54, 1.807) is 6.20 Å². The van der Waals surface area contributed by atoms with Crippen molar-refractivity contribution in [3.8, 4) is 0 Å². The Morgan fingerprint density at radius 2 is 2.47 bits per heavy atom. The molecule has 1 aliphatic rings. The number of nitrogens with zero attached hydrogens (tertiary/aromatic N) is 3. The highest BCUT2D eigenvalue weighted by Crippen LogP contribution is 2.25. The summed E-state index contributed by atoms with van der Waals surface area (Å²) in [6, 6.07) is 4.00. The number of hydrogen-bond acceptors (Lipinski definition) is 3. The topological polar surface area (TPSA) is 66.5 Å². The van der Waals surface area contributed by atoms with Gasteiger partial charge in [-0.2, -0.15) is 0 Å². The van der Waals surface area contributed by atoms with Gasteiger partial charge in [0, 0.05) is 31.9 Å². The minimum atomic E-state index is 0. The van der Waals surface area contributed by atoms with Crippen molar-refractivity contribution in [1.82, 2.24) is 10.3 Å². The fourth-order valence-electron chi connectivity index (χ4n) is 2.11. The van der Waals surface area contributed by atoms with Gasteiger partial charge in [-0.1, -0.05) is 11.6 Å². The minimum absolute atomic E-state index is 0. The van der Waals surface area contributed by atoms with Crippen molar-refractivity contribution in [3.05, 3.63) is 23.4 Å². The van der Waals surface area contributed by atoms with E-state index in [0.717, 1.165) is 25.3 Å². The van der Waals surface area contributed by atoms with Crippen molar-refractivity contribution in [3.63, 3.8) is 0 Å². The molecule has 2 heterocycles. The van der Waals surface area contributed by atoms with Gasteiger partial charge in [0.15, 0.2) is 5.96 Å². The monoisotopic (exact) mass is 395 g/mol. The maximum atomic E-state index is 6.13. The molecule has 0 spiro atoms. The summed E-state index contributed by atoms with van der Waals surface area (Å²) >= 11 is 6.13. The van der Waals surface area contributed by atoms with E-state index in [2.05, 4.69) is 20.2 Å². The van der Waals surface area contributed by atoms with Gasteiger partial charge in [-0.15, -0.1) is 24.0 Å². The number of rotatable bonds is 3. The van der Waals surface area contributed by atoms with Crippen molar-refractivity contribution < 1.29 is 0 Å². The molecule has 0 amide bonds. The quantitative estimate of drug-likeness (QED) is 0.466. The third-order valence-electron chi connectivity index (χ3n) is 2.91. The molecule has 5 nitrogen and oxygen atoms in total. The van der Waals surface area contributed by atoms with Crippen LogP contribution in [0.25, 0.3) is 0 Å². The van der Waals surface area contributed by atoms with Crippen LogP contribution in [0.3, 0.4) is 0 Å². The van der Waals surface area contributed by atoms with Crippen molar-refractivity contribution >= 4 is 47.4 Å². The van der Waals surface area contributed by atoms with Crippen molar-refractivity contribution in [2.75, 3.05) is 24.5 Å². The number of aliphatic imine (C=N–C) groups is 1. The highest BCUT2D eigenvalue weighted by atomic mass is 127. The molecule has 106 valence electrons. The predicted molar refractivity (Wildman–Crippen MR) is 90.6 cm³/mol. The van der Waals surface area contributed by atoms with Crippen LogP contribution in [0, 0.1) is 0 Å². The molecule has 0 aromatic carbocycles. The number of nitrogens with two attached hydrogens (primary N) is 1. The summed E-state index contributed by atoms with van der Waals surface area (Å²) in [5.41, 5.74) is 5.76. The van der Waals surface area contributed by atoms with Gasteiger partial charge in [-0.25, -0.2) is 4.98 Å². The number of guanidine groups is 1. The molecule has 1 aromatic heterocycles. The van der Waals surface area contributed by atoms with Crippen LogP contribution < -0.4 is 16.0 Å². The Morgan fingerprint density at radius 1 is 1.68 bits per heavy atom. The third-order valence-corrected chi connectivity index (χ3v) is 3.20. The zero-order chi connectivity index (χ0) is 13.0. The Kier molecular flexibility index (Phi) is 6.64. The largest absolute Gasteiger partial charge is 0.370 e. The minimum Gasteiger partial charge on any atom is -0.370 e. The molecule has 2 rings (SSSR count). The van der Waals surface area contributed by atoms with Gasteiger partial charge >= 0.3 is 0 Å². The first kappa shape index (κ1) is 16.3. The van der Waals surface area contributed by atoms with Gasteiger partial charge in [0.25, 0.3) is 0 Å². The summed E-state index contributed by atoms with van der Waals surface area (Å²) in [6.07, 6.45) is 2.77. The zero-order valence-electron chi connectivity index (χ0n) is 10.8. The lowest BCUT2D eigenvalue weighted by Gasteiger charge is -2.19. The predicted octanol–water partition coefficient (Wildman–Crippen LogP) is 1.86. The summed E-state index contributed by atoms with van der Waals surface area (Å²) in [5, 5.41) is 3.90. The number of anilines is 1.